The van der Waals surface area contributed by atoms with E-state index in [2.05, 4.69) is 21.2 Å². The molecule has 18 heavy (non-hydrogen) atoms. The van der Waals surface area contributed by atoms with Gasteiger partial charge < -0.3 is 5.32 Å². The van der Waals surface area contributed by atoms with Crippen LogP contribution in [0.25, 0.3) is 0 Å². The van der Waals surface area contributed by atoms with Gasteiger partial charge in [-0.05, 0) is 28.5 Å². The molecule has 102 valence electrons. The predicted molar refractivity (Wildman–Crippen MR) is 66.2 cm³/mol. The molecule has 0 bridgehead atoms. The molecule has 1 atom stereocenters. The van der Waals surface area contributed by atoms with Crippen molar-refractivity contribution in [2.75, 3.05) is 6.54 Å². The number of rotatable bonds is 4. The number of alkyl halides is 3. The molecule has 1 unspecified atom stereocenters. The monoisotopic (exact) mass is 347 g/mol. The minimum Gasteiger partial charge on any atom is -0.310 e. The van der Waals surface area contributed by atoms with Gasteiger partial charge in [-0.15, -0.1) is 0 Å². The summed E-state index contributed by atoms with van der Waals surface area (Å²) in [5.74, 6) is -0.832. The Balaban J connectivity index is 3.10. The molecule has 0 heterocycles. The minimum absolute atomic E-state index is 0.0811. The molecule has 0 aliphatic rings. The Labute approximate surface area is 116 Å². The van der Waals surface area contributed by atoms with Gasteiger partial charge in [0.05, 0.1) is 11.4 Å². The van der Waals surface area contributed by atoms with Crippen LogP contribution in [-0.2, 0) is 0 Å². The maximum Gasteiger partial charge on any atom is 0.390 e. The summed E-state index contributed by atoms with van der Waals surface area (Å²) in [5, 5.41) is 2.40. The lowest BCUT2D eigenvalue weighted by atomic mass is 10.0. The number of halogens is 6. The van der Waals surface area contributed by atoms with E-state index < -0.39 is 24.5 Å². The van der Waals surface area contributed by atoms with E-state index in [1.807, 2.05) is 0 Å². The van der Waals surface area contributed by atoms with Crippen molar-refractivity contribution in [1.82, 2.24) is 5.32 Å². The lowest BCUT2D eigenvalue weighted by Gasteiger charge is -2.21. The summed E-state index contributed by atoms with van der Waals surface area (Å²) in [6.07, 6.45) is -5.52. The molecule has 1 aromatic carbocycles. The number of benzene rings is 1. The van der Waals surface area contributed by atoms with E-state index in [1.54, 1.807) is 6.92 Å². The van der Waals surface area contributed by atoms with E-state index in [0.717, 1.165) is 0 Å². The fraction of sp³-hybridized carbons (Fsp3) is 0.455. The summed E-state index contributed by atoms with van der Waals surface area (Å²) in [6.45, 7) is 1.95. The van der Waals surface area contributed by atoms with Gasteiger partial charge in [-0.2, -0.15) is 13.2 Å². The third-order valence-electron chi connectivity index (χ3n) is 2.33. The first-order valence-electron chi connectivity index (χ1n) is 5.19. The smallest absolute Gasteiger partial charge is 0.310 e. The summed E-state index contributed by atoms with van der Waals surface area (Å²) >= 11 is 8.68. The first-order chi connectivity index (χ1) is 8.26. The van der Waals surface area contributed by atoms with Crippen LogP contribution in [0.5, 0.6) is 0 Å². The van der Waals surface area contributed by atoms with Crippen molar-refractivity contribution in [2.24, 2.45) is 0 Å². The van der Waals surface area contributed by atoms with Crippen LogP contribution in [0.4, 0.5) is 17.6 Å². The van der Waals surface area contributed by atoms with Crippen molar-refractivity contribution in [1.29, 1.82) is 0 Å². The highest BCUT2D eigenvalue weighted by Crippen LogP contribution is 2.35. The summed E-state index contributed by atoms with van der Waals surface area (Å²) in [7, 11) is 0. The Morgan fingerprint density at radius 3 is 2.50 bits per heavy atom. The van der Waals surface area contributed by atoms with Crippen LogP contribution in [0, 0.1) is 5.82 Å². The lowest BCUT2D eigenvalue weighted by molar-refractivity contribution is -0.140. The molecule has 0 saturated carbocycles. The molecule has 0 saturated heterocycles. The maximum atomic E-state index is 13.8. The zero-order valence-electron chi connectivity index (χ0n) is 9.41. The van der Waals surface area contributed by atoms with E-state index in [1.165, 1.54) is 12.1 Å². The van der Waals surface area contributed by atoms with Gasteiger partial charge in [-0.1, -0.05) is 24.6 Å². The second kappa shape index (κ2) is 6.21. The van der Waals surface area contributed by atoms with Crippen molar-refractivity contribution < 1.29 is 17.6 Å². The Kier molecular flexibility index (Phi) is 5.43. The second-order valence-corrected chi connectivity index (χ2v) is 4.93. The van der Waals surface area contributed by atoms with Crippen molar-refractivity contribution >= 4 is 27.5 Å². The van der Waals surface area contributed by atoms with E-state index in [9.17, 15) is 17.6 Å². The van der Waals surface area contributed by atoms with E-state index in [0.29, 0.717) is 11.0 Å². The van der Waals surface area contributed by atoms with Crippen LogP contribution in [0.2, 0.25) is 5.02 Å². The Hall–Kier alpha value is -0.330. The second-order valence-electron chi connectivity index (χ2n) is 3.69. The first-order valence-corrected chi connectivity index (χ1v) is 6.37. The Bertz CT molecular complexity index is 422. The third kappa shape index (κ3) is 4.10. The van der Waals surface area contributed by atoms with Crippen LogP contribution in [0.1, 0.15) is 24.9 Å². The van der Waals surface area contributed by atoms with Gasteiger partial charge in [0, 0.05) is 16.1 Å². The SMILES string of the molecule is CCNC(CC(F)(F)F)c1ccc(Br)c(Cl)c1F. The zero-order chi connectivity index (χ0) is 13.9. The molecule has 0 radical (unpaired) electrons. The van der Waals surface area contributed by atoms with E-state index in [4.69, 9.17) is 11.6 Å². The first kappa shape index (κ1) is 15.7. The number of hydrogen-bond acceptors (Lipinski definition) is 1. The maximum absolute atomic E-state index is 13.8. The molecule has 0 aliphatic heterocycles. The summed E-state index contributed by atoms with van der Waals surface area (Å²) in [5.41, 5.74) is -0.0811. The third-order valence-corrected chi connectivity index (χ3v) is 3.59. The predicted octanol–water partition coefficient (Wildman–Crippen LogP) is 4.84. The summed E-state index contributed by atoms with van der Waals surface area (Å²) in [4.78, 5) is 0. The molecule has 0 amide bonds. The van der Waals surface area contributed by atoms with E-state index in [-0.39, 0.29) is 10.6 Å². The van der Waals surface area contributed by atoms with Crippen LogP contribution in [0.15, 0.2) is 16.6 Å². The molecule has 0 aliphatic carbocycles. The molecule has 0 spiro atoms. The molecule has 0 aromatic heterocycles. The topological polar surface area (TPSA) is 12.0 Å². The summed E-state index contributed by atoms with van der Waals surface area (Å²) in [6, 6.07) is 1.59. The van der Waals surface area contributed by atoms with Gasteiger partial charge in [-0.3, -0.25) is 0 Å². The number of hydrogen-bond donors (Lipinski definition) is 1. The van der Waals surface area contributed by atoms with Crippen LogP contribution in [0.3, 0.4) is 0 Å². The van der Waals surface area contributed by atoms with Crippen molar-refractivity contribution in [3.05, 3.63) is 33.0 Å². The summed E-state index contributed by atoms with van der Waals surface area (Å²) < 4.78 is 51.4. The van der Waals surface area contributed by atoms with Crippen LogP contribution < -0.4 is 5.32 Å². The van der Waals surface area contributed by atoms with Gasteiger partial charge in [0.15, 0.2) is 0 Å². The highest BCUT2D eigenvalue weighted by atomic mass is 79.9. The molecule has 1 aromatic rings. The van der Waals surface area contributed by atoms with Crippen molar-refractivity contribution in [3.8, 4) is 0 Å². The van der Waals surface area contributed by atoms with Crippen LogP contribution in [-0.4, -0.2) is 12.7 Å². The van der Waals surface area contributed by atoms with E-state index >= 15 is 0 Å². The molecule has 7 heteroatoms. The average Bonchev–Trinajstić information content (AvgIpc) is 2.24. The number of nitrogens with one attached hydrogen (secondary N) is 1. The van der Waals surface area contributed by atoms with Gasteiger partial charge in [-0.25, -0.2) is 4.39 Å². The van der Waals surface area contributed by atoms with Gasteiger partial charge in [0.2, 0.25) is 0 Å². The molecular weight excluding hydrogens is 337 g/mol. The van der Waals surface area contributed by atoms with Gasteiger partial charge in [0.1, 0.15) is 5.82 Å². The van der Waals surface area contributed by atoms with Gasteiger partial charge in [0.25, 0.3) is 0 Å². The minimum atomic E-state index is -4.38. The largest absolute Gasteiger partial charge is 0.390 e. The fourth-order valence-electron chi connectivity index (χ4n) is 1.58. The normalized spacial score (nSPS) is 13.7. The highest BCUT2D eigenvalue weighted by molar-refractivity contribution is 9.10. The average molecular weight is 349 g/mol. The van der Waals surface area contributed by atoms with Crippen LogP contribution >= 0.6 is 27.5 Å². The Morgan fingerprint density at radius 1 is 1.39 bits per heavy atom. The quantitative estimate of drug-likeness (QED) is 0.606. The fourth-order valence-corrected chi connectivity index (χ4v) is 2.06. The zero-order valence-corrected chi connectivity index (χ0v) is 11.8. The molecular formula is C11H11BrClF4N. The molecule has 1 rings (SSSR count). The Morgan fingerprint density at radius 2 is 2.00 bits per heavy atom. The molecule has 0 fully saturated rings. The van der Waals surface area contributed by atoms with Gasteiger partial charge >= 0.3 is 6.18 Å². The molecule has 1 N–H and O–H groups in total. The highest BCUT2D eigenvalue weighted by Gasteiger charge is 2.33. The van der Waals surface area contributed by atoms with Crippen molar-refractivity contribution in [3.63, 3.8) is 0 Å². The standard InChI is InChI=1S/C11H11BrClF4N/c1-2-18-8(5-11(15,16)17)6-3-4-7(12)9(13)10(6)14/h3-4,8,18H,2,5H2,1H3. The van der Waals surface area contributed by atoms with Crippen molar-refractivity contribution in [2.45, 2.75) is 25.6 Å². The molecule has 1 nitrogen and oxygen atoms in total. The lowest BCUT2D eigenvalue weighted by Crippen LogP contribution is -2.27.